The molecule has 2 aliphatic rings. The van der Waals surface area contributed by atoms with Gasteiger partial charge in [-0.25, -0.2) is 4.99 Å². The predicted octanol–water partition coefficient (Wildman–Crippen LogP) is 2.80. The van der Waals surface area contributed by atoms with Crippen LogP contribution in [0.1, 0.15) is 20.3 Å². The highest BCUT2D eigenvalue weighted by Crippen LogP contribution is 2.30. The minimum Gasteiger partial charge on any atom is -0.365 e. The number of hydrogen-bond donors (Lipinski definition) is 1. The van der Waals surface area contributed by atoms with Crippen molar-refractivity contribution in [3.05, 3.63) is 22.5 Å². The molecule has 1 aliphatic carbocycles. The standard InChI is InChI=1S/C12H14Cl2N2O/c1-6-8(7(2)17)4-3-5-9-10(6)16-12(14)11(13)15-9/h3,5-6,8,10,16H,4H2,1-2H3. The number of ketones is 1. The highest BCUT2D eigenvalue weighted by atomic mass is 35.5. The smallest absolute Gasteiger partial charge is 0.164 e. The summed E-state index contributed by atoms with van der Waals surface area (Å²) in [4.78, 5) is 15.9. The summed E-state index contributed by atoms with van der Waals surface area (Å²) in [5.41, 5.74) is 0.843. The van der Waals surface area contributed by atoms with E-state index in [1.165, 1.54) is 0 Å². The quantitative estimate of drug-likeness (QED) is 0.746. The maximum Gasteiger partial charge on any atom is 0.164 e. The maximum atomic E-state index is 11.6. The Bertz CT molecular complexity index is 440. The lowest BCUT2D eigenvalue weighted by Crippen LogP contribution is -2.44. The number of carbonyl (C=O) groups excluding carboxylic acids is 1. The Labute approximate surface area is 111 Å². The Balaban J connectivity index is 2.34. The zero-order chi connectivity index (χ0) is 12.6. The zero-order valence-electron chi connectivity index (χ0n) is 9.71. The van der Waals surface area contributed by atoms with Crippen LogP contribution in [0.4, 0.5) is 0 Å². The van der Waals surface area contributed by atoms with Crippen molar-refractivity contribution in [3.63, 3.8) is 0 Å². The number of rotatable bonds is 1. The monoisotopic (exact) mass is 272 g/mol. The molecule has 0 spiro atoms. The van der Waals surface area contributed by atoms with E-state index in [0.29, 0.717) is 5.16 Å². The van der Waals surface area contributed by atoms with Gasteiger partial charge >= 0.3 is 0 Å². The van der Waals surface area contributed by atoms with Crippen molar-refractivity contribution >= 4 is 34.7 Å². The highest BCUT2D eigenvalue weighted by Gasteiger charge is 2.34. The highest BCUT2D eigenvalue weighted by molar-refractivity contribution is 6.39. The fourth-order valence-electron chi connectivity index (χ4n) is 2.36. The van der Waals surface area contributed by atoms with Gasteiger partial charge < -0.3 is 5.32 Å². The molecule has 17 heavy (non-hydrogen) atoms. The molecule has 5 heteroatoms. The minimum absolute atomic E-state index is 0.00204. The molecule has 1 N–H and O–H groups in total. The third-order valence-corrected chi connectivity index (χ3v) is 4.03. The summed E-state index contributed by atoms with van der Waals surface area (Å²) in [6.45, 7) is 3.67. The van der Waals surface area contributed by atoms with Crippen molar-refractivity contribution in [3.8, 4) is 0 Å². The maximum absolute atomic E-state index is 11.6. The van der Waals surface area contributed by atoms with Crippen LogP contribution in [-0.4, -0.2) is 17.5 Å². The van der Waals surface area contributed by atoms with Crippen LogP contribution in [0.25, 0.3) is 0 Å². The molecule has 1 aliphatic heterocycles. The van der Waals surface area contributed by atoms with Gasteiger partial charge in [-0.1, -0.05) is 36.2 Å². The largest absolute Gasteiger partial charge is 0.365 e. The number of carbonyl (C=O) groups is 1. The van der Waals surface area contributed by atoms with Crippen LogP contribution in [0.3, 0.4) is 0 Å². The second kappa shape index (κ2) is 4.83. The molecule has 3 atom stereocenters. The molecular formula is C12H14Cl2N2O. The van der Waals surface area contributed by atoms with Gasteiger partial charge in [0.1, 0.15) is 10.9 Å². The van der Waals surface area contributed by atoms with Crippen molar-refractivity contribution in [2.45, 2.75) is 26.3 Å². The molecule has 92 valence electrons. The lowest BCUT2D eigenvalue weighted by molar-refractivity contribution is -0.122. The van der Waals surface area contributed by atoms with Gasteiger partial charge in [0, 0.05) is 5.92 Å². The Morgan fingerprint density at radius 3 is 2.88 bits per heavy atom. The van der Waals surface area contributed by atoms with Crippen LogP contribution >= 0.6 is 23.2 Å². The lowest BCUT2D eigenvalue weighted by Gasteiger charge is -2.31. The minimum atomic E-state index is -0.0438. The molecule has 0 aromatic heterocycles. The topological polar surface area (TPSA) is 41.5 Å². The molecule has 0 saturated carbocycles. The van der Waals surface area contributed by atoms with Crippen molar-refractivity contribution in [2.75, 3.05) is 0 Å². The molecule has 0 bridgehead atoms. The van der Waals surface area contributed by atoms with Gasteiger partial charge in [0.05, 0.1) is 11.8 Å². The van der Waals surface area contributed by atoms with Crippen LogP contribution < -0.4 is 5.32 Å². The van der Waals surface area contributed by atoms with Crippen LogP contribution in [0, 0.1) is 11.8 Å². The summed E-state index contributed by atoms with van der Waals surface area (Å²) in [6.07, 6.45) is 4.64. The number of nitrogens with one attached hydrogen (secondary N) is 1. The van der Waals surface area contributed by atoms with Gasteiger partial charge in [0.2, 0.25) is 0 Å². The second-order valence-electron chi connectivity index (χ2n) is 4.48. The normalized spacial score (nSPS) is 32.5. The number of fused-ring (bicyclic) bond motifs is 1. The summed E-state index contributed by atoms with van der Waals surface area (Å²) in [5, 5.41) is 3.75. The van der Waals surface area contributed by atoms with E-state index in [0.717, 1.165) is 12.1 Å². The van der Waals surface area contributed by atoms with Gasteiger partial charge in [-0.3, -0.25) is 4.79 Å². The van der Waals surface area contributed by atoms with Gasteiger partial charge in [0.15, 0.2) is 5.16 Å². The number of halogens is 2. The van der Waals surface area contributed by atoms with Crippen molar-refractivity contribution < 1.29 is 4.79 Å². The van der Waals surface area contributed by atoms with Crippen LogP contribution in [-0.2, 0) is 4.79 Å². The molecule has 0 aromatic rings. The van der Waals surface area contributed by atoms with E-state index in [2.05, 4.69) is 10.3 Å². The first-order valence-corrected chi connectivity index (χ1v) is 6.33. The van der Waals surface area contributed by atoms with Crippen molar-refractivity contribution in [1.29, 1.82) is 0 Å². The fraction of sp³-hybridized carbons (Fsp3) is 0.500. The Kier molecular flexibility index (Phi) is 3.59. The van der Waals surface area contributed by atoms with E-state index in [1.807, 2.05) is 19.1 Å². The average molecular weight is 273 g/mol. The predicted molar refractivity (Wildman–Crippen MR) is 70.2 cm³/mol. The third kappa shape index (κ3) is 2.40. The summed E-state index contributed by atoms with van der Waals surface area (Å²) < 4.78 is 0. The lowest BCUT2D eigenvalue weighted by atomic mass is 9.83. The number of allylic oxidation sites excluding steroid dienone is 1. The van der Waals surface area contributed by atoms with Crippen LogP contribution in [0.2, 0.25) is 0 Å². The number of Topliss-reactive ketones (excluding diaryl/α,β-unsaturated/α-hetero) is 1. The van der Waals surface area contributed by atoms with Gasteiger partial charge in [-0.2, -0.15) is 0 Å². The second-order valence-corrected chi connectivity index (χ2v) is 5.21. The molecule has 1 heterocycles. The van der Waals surface area contributed by atoms with E-state index in [4.69, 9.17) is 23.2 Å². The van der Waals surface area contributed by atoms with Gasteiger partial charge in [-0.15, -0.1) is 0 Å². The molecule has 0 fully saturated rings. The first kappa shape index (κ1) is 12.7. The third-order valence-electron chi connectivity index (χ3n) is 3.37. The number of nitrogens with zero attached hydrogens (tertiary/aromatic N) is 1. The summed E-state index contributed by atoms with van der Waals surface area (Å²) in [7, 11) is 0. The average Bonchev–Trinajstić information content (AvgIpc) is 2.41. The Morgan fingerprint density at radius 2 is 2.24 bits per heavy atom. The molecule has 2 rings (SSSR count). The van der Waals surface area contributed by atoms with E-state index in [9.17, 15) is 4.79 Å². The van der Waals surface area contributed by atoms with E-state index in [-0.39, 0.29) is 28.8 Å². The first-order valence-electron chi connectivity index (χ1n) is 5.58. The zero-order valence-corrected chi connectivity index (χ0v) is 11.2. The van der Waals surface area contributed by atoms with E-state index >= 15 is 0 Å². The molecular weight excluding hydrogens is 259 g/mol. The molecule has 0 saturated heterocycles. The van der Waals surface area contributed by atoms with Crippen molar-refractivity contribution in [1.82, 2.24) is 5.32 Å². The van der Waals surface area contributed by atoms with Crippen molar-refractivity contribution in [2.24, 2.45) is 16.8 Å². The van der Waals surface area contributed by atoms with Crippen LogP contribution in [0.5, 0.6) is 0 Å². The van der Waals surface area contributed by atoms with Gasteiger partial charge in [-0.05, 0) is 25.3 Å². The summed E-state index contributed by atoms with van der Waals surface area (Å²) in [6, 6.07) is -0.0438. The molecule has 0 aromatic carbocycles. The molecule has 3 nitrogen and oxygen atoms in total. The molecule has 3 unspecified atom stereocenters. The Hall–Kier alpha value is -0.800. The van der Waals surface area contributed by atoms with E-state index in [1.54, 1.807) is 6.92 Å². The van der Waals surface area contributed by atoms with Crippen LogP contribution in [0.15, 0.2) is 27.5 Å². The summed E-state index contributed by atoms with van der Waals surface area (Å²) >= 11 is 11.8. The fourth-order valence-corrected chi connectivity index (χ4v) is 2.67. The molecule has 0 radical (unpaired) electrons. The number of aliphatic imine (C=N–C) groups is 1. The summed E-state index contributed by atoms with van der Waals surface area (Å²) in [5.74, 6) is 0.333. The van der Waals surface area contributed by atoms with E-state index < -0.39 is 0 Å². The Morgan fingerprint density at radius 1 is 1.53 bits per heavy atom. The molecule has 0 amide bonds. The first-order chi connectivity index (χ1) is 8.00. The van der Waals surface area contributed by atoms with Gasteiger partial charge in [0.25, 0.3) is 0 Å². The number of hydrogen-bond acceptors (Lipinski definition) is 3. The SMILES string of the molecule is CC(=O)C1CC=CC2=NC(Cl)=C(Cl)NC2C1C.